The molecule has 4 atom stereocenters. The van der Waals surface area contributed by atoms with E-state index in [1.807, 2.05) is 0 Å². The minimum Gasteiger partial charge on any atom is -0.390 e. The van der Waals surface area contributed by atoms with Gasteiger partial charge in [0.05, 0.1) is 18.8 Å². The minimum atomic E-state index is -0.610. The first-order valence-corrected chi connectivity index (χ1v) is 12.4. The number of amides is 2. The van der Waals surface area contributed by atoms with Crippen molar-refractivity contribution in [1.82, 2.24) is 10.6 Å². The van der Waals surface area contributed by atoms with Gasteiger partial charge in [-0.05, 0) is 12.8 Å². The average Bonchev–Trinajstić information content (AvgIpc) is 3.02. The molecule has 3 N–H and O–H groups in total. The molecule has 0 aliphatic heterocycles. The number of hydrogen-bond donors (Lipinski definition) is 3. The van der Waals surface area contributed by atoms with Gasteiger partial charge in [-0.25, -0.2) is 4.79 Å². The van der Waals surface area contributed by atoms with Gasteiger partial charge in [-0.2, -0.15) is 0 Å². The second-order valence-corrected chi connectivity index (χ2v) is 8.89. The van der Waals surface area contributed by atoms with E-state index in [1.54, 1.807) is 14.2 Å². The van der Waals surface area contributed by atoms with Crippen molar-refractivity contribution in [2.24, 2.45) is 5.92 Å². The third kappa shape index (κ3) is 14.2. The third-order valence-corrected chi connectivity index (χ3v) is 6.31. The number of aliphatic hydroxyl groups is 1. The Balaban J connectivity index is 0.00000900. The first kappa shape index (κ1) is 31.3. The van der Waals surface area contributed by atoms with Gasteiger partial charge in [0.15, 0.2) is 0 Å². The molecule has 1 rings (SSSR count). The molecule has 31 heavy (non-hydrogen) atoms. The van der Waals surface area contributed by atoms with Crippen molar-refractivity contribution in [3.63, 3.8) is 0 Å². The Kier molecular flexibility index (Phi) is 21.0. The summed E-state index contributed by atoms with van der Waals surface area (Å²) in [7, 11) is 3.20. The molecule has 1 aliphatic rings. The minimum absolute atomic E-state index is 0. The van der Waals surface area contributed by atoms with Crippen LogP contribution in [0.15, 0.2) is 0 Å². The van der Waals surface area contributed by atoms with Gasteiger partial charge in [0.1, 0.15) is 6.10 Å². The van der Waals surface area contributed by atoms with E-state index in [1.165, 1.54) is 70.6 Å². The second-order valence-electron chi connectivity index (χ2n) is 8.89. The molecule has 2 amide bonds. The first-order valence-electron chi connectivity index (χ1n) is 12.4. The fourth-order valence-electron chi connectivity index (χ4n) is 4.50. The number of nitrogens with one attached hydrogen (secondary N) is 2. The number of aliphatic hydroxyl groups excluding tert-OH is 1. The van der Waals surface area contributed by atoms with Crippen LogP contribution in [0.4, 0.5) is 4.79 Å². The van der Waals surface area contributed by atoms with Gasteiger partial charge in [0.2, 0.25) is 0 Å². The molecule has 1 aliphatic carbocycles. The van der Waals surface area contributed by atoms with Crippen LogP contribution in [0.1, 0.15) is 96.8 Å². The summed E-state index contributed by atoms with van der Waals surface area (Å²) in [4.78, 5) is 12.2. The molecule has 1 fully saturated rings. The Bertz CT molecular complexity index is 428. The molecule has 0 heterocycles. The van der Waals surface area contributed by atoms with Crippen molar-refractivity contribution in [3.05, 3.63) is 0 Å². The van der Waals surface area contributed by atoms with Gasteiger partial charge >= 0.3 is 6.03 Å². The van der Waals surface area contributed by atoms with Crippen LogP contribution in [0.5, 0.6) is 0 Å². The zero-order valence-corrected chi connectivity index (χ0v) is 23.2. The number of rotatable bonds is 18. The molecule has 0 bridgehead atoms. The SMILES string of the molecule is CCCCCCCCCCCCCCCNC(=O)N[C@@H]1C[C@H](COC)C(O)[C@@H]1OC.[Y]. The summed E-state index contributed by atoms with van der Waals surface area (Å²) in [6.07, 6.45) is 16.8. The number of methoxy groups -OCH3 is 2. The van der Waals surface area contributed by atoms with Gasteiger partial charge < -0.3 is 25.2 Å². The summed E-state index contributed by atoms with van der Waals surface area (Å²) >= 11 is 0. The van der Waals surface area contributed by atoms with Crippen molar-refractivity contribution in [2.45, 2.75) is 115 Å². The Labute approximate surface area is 216 Å². The number of hydrogen-bond acceptors (Lipinski definition) is 4. The average molecular weight is 518 g/mol. The molecular weight excluding hydrogens is 469 g/mol. The summed E-state index contributed by atoms with van der Waals surface area (Å²) in [6, 6.07) is -0.358. The molecule has 1 radical (unpaired) electrons. The van der Waals surface area contributed by atoms with Crippen LogP contribution >= 0.6 is 0 Å². The normalized spacial score (nSPS) is 22.8. The van der Waals surface area contributed by atoms with E-state index in [0.717, 1.165) is 12.8 Å². The van der Waals surface area contributed by atoms with Crippen LogP contribution in [0.3, 0.4) is 0 Å². The summed E-state index contributed by atoms with van der Waals surface area (Å²) in [6.45, 7) is 3.43. The molecule has 0 aromatic rings. The third-order valence-electron chi connectivity index (χ3n) is 6.31. The number of carbonyl (C=O) groups is 1. The Hall–Kier alpha value is 0.254. The van der Waals surface area contributed by atoms with Crippen molar-refractivity contribution in [3.8, 4) is 0 Å². The fraction of sp³-hybridized carbons (Fsp3) is 0.958. The van der Waals surface area contributed by atoms with Gasteiger partial charge in [-0.1, -0.05) is 84.0 Å². The van der Waals surface area contributed by atoms with Gasteiger partial charge in [0, 0.05) is 59.4 Å². The largest absolute Gasteiger partial charge is 0.390 e. The monoisotopic (exact) mass is 517 g/mol. The summed E-state index contributed by atoms with van der Waals surface area (Å²) < 4.78 is 10.5. The van der Waals surface area contributed by atoms with Gasteiger partial charge in [0.25, 0.3) is 0 Å². The van der Waals surface area contributed by atoms with Crippen molar-refractivity contribution in [2.75, 3.05) is 27.4 Å². The maximum absolute atomic E-state index is 12.2. The smallest absolute Gasteiger partial charge is 0.315 e. The molecule has 6 nitrogen and oxygen atoms in total. The van der Waals surface area contributed by atoms with Crippen molar-refractivity contribution >= 4 is 6.03 Å². The number of urea groups is 1. The molecule has 181 valence electrons. The standard InChI is InChI=1S/C24H48N2O4.Y/c1-4-5-6-7-8-9-10-11-12-13-14-15-16-17-25-24(28)26-21-18-20(19-29-2)22(27)23(21)30-3;/h20-23,27H,4-19H2,1-3H3,(H2,25,26,28);/t20-,21-,22?,23-;/m1./s1. The van der Waals surface area contributed by atoms with E-state index >= 15 is 0 Å². The van der Waals surface area contributed by atoms with Crippen LogP contribution < -0.4 is 10.6 Å². The van der Waals surface area contributed by atoms with Crippen LogP contribution in [0, 0.1) is 5.92 Å². The predicted octanol–water partition coefficient (Wildman–Crippen LogP) is 4.79. The molecule has 1 saturated carbocycles. The topological polar surface area (TPSA) is 79.8 Å². The van der Waals surface area contributed by atoms with Crippen molar-refractivity contribution < 1.29 is 52.1 Å². The molecule has 0 spiro atoms. The quantitative estimate of drug-likeness (QED) is 0.229. The van der Waals surface area contributed by atoms with Crippen molar-refractivity contribution in [1.29, 1.82) is 0 Å². The van der Waals surface area contributed by atoms with Crippen LogP contribution in [-0.2, 0) is 42.2 Å². The van der Waals surface area contributed by atoms with Gasteiger partial charge in [-0.3, -0.25) is 0 Å². The number of unbranched alkanes of at least 4 members (excludes halogenated alkanes) is 12. The zero-order valence-electron chi connectivity index (χ0n) is 20.4. The summed E-state index contributed by atoms with van der Waals surface area (Å²) in [5.74, 6) is -0.00805. The van der Waals surface area contributed by atoms with E-state index in [-0.39, 0.29) is 56.8 Å². The molecule has 7 heteroatoms. The fourth-order valence-corrected chi connectivity index (χ4v) is 4.50. The van der Waals surface area contributed by atoms with E-state index in [9.17, 15) is 9.90 Å². The summed E-state index contributed by atoms with van der Waals surface area (Å²) in [5.41, 5.74) is 0. The molecule has 0 aromatic heterocycles. The second kappa shape index (κ2) is 20.8. The Morgan fingerprint density at radius 1 is 0.903 bits per heavy atom. The molecular formula is C24H48N2O4Y. The maximum Gasteiger partial charge on any atom is 0.315 e. The predicted molar refractivity (Wildman–Crippen MR) is 123 cm³/mol. The van der Waals surface area contributed by atoms with E-state index in [2.05, 4.69) is 17.6 Å². The van der Waals surface area contributed by atoms with Crippen LogP contribution in [-0.4, -0.2) is 56.8 Å². The summed E-state index contributed by atoms with van der Waals surface area (Å²) in [5, 5.41) is 16.2. The van der Waals surface area contributed by atoms with Crippen LogP contribution in [0.25, 0.3) is 0 Å². The Morgan fingerprint density at radius 2 is 1.42 bits per heavy atom. The molecule has 0 aromatic carbocycles. The molecule has 0 saturated heterocycles. The maximum atomic E-state index is 12.2. The zero-order chi connectivity index (χ0) is 22.0. The van der Waals surface area contributed by atoms with E-state index in [4.69, 9.17) is 9.47 Å². The van der Waals surface area contributed by atoms with Gasteiger partial charge in [-0.15, -0.1) is 0 Å². The van der Waals surface area contributed by atoms with E-state index in [0.29, 0.717) is 19.6 Å². The first-order chi connectivity index (χ1) is 14.6. The molecule has 1 unspecified atom stereocenters. The Morgan fingerprint density at radius 3 is 1.90 bits per heavy atom. The van der Waals surface area contributed by atoms with E-state index < -0.39 is 6.10 Å². The number of carbonyl (C=O) groups excluding carboxylic acids is 1. The van der Waals surface area contributed by atoms with Crippen LogP contribution in [0.2, 0.25) is 0 Å². The number of ether oxygens (including phenoxy) is 2.